The summed E-state index contributed by atoms with van der Waals surface area (Å²) in [5.41, 5.74) is -7.41. The summed E-state index contributed by atoms with van der Waals surface area (Å²) < 4.78 is 65.9. The van der Waals surface area contributed by atoms with Gasteiger partial charge in [0.25, 0.3) is 5.66 Å². The molecule has 20 heavy (non-hydrogen) atoms. The molecule has 0 aliphatic heterocycles. The van der Waals surface area contributed by atoms with E-state index < -0.39 is 44.3 Å². The van der Waals surface area contributed by atoms with Crippen molar-refractivity contribution in [2.24, 2.45) is 0 Å². The largest absolute Gasteiger partial charge is 0.577 e. The van der Waals surface area contributed by atoms with Crippen LogP contribution in [-0.4, -0.2) is 44.3 Å². The third-order valence-electron chi connectivity index (χ3n) is 2.15. The van der Waals surface area contributed by atoms with Gasteiger partial charge in [-0.1, -0.05) is 29.5 Å². The second-order valence-corrected chi connectivity index (χ2v) is 3.76. The van der Waals surface area contributed by atoms with Gasteiger partial charge in [0.15, 0.2) is 5.56 Å². The normalized spacial score (nSPS) is 14.7. The summed E-state index contributed by atoms with van der Waals surface area (Å²) in [6, 6.07) is 0. The summed E-state index contributed by atoms with van der Waals surface area (Å²) in [6.07, 6.45) is 0. The minimum absolute atomic E-state index is 0.160. The van der Waals surface area contributed by atoms with Crippen LogP contribution in [0.4, 0.5) is 22.3 Å². The molecule has 0 saturated carbocycles. The van der Waals surface area contributed by atoms with Crippen LogP contribution in [-0.2, 0) is 4.74 Å². The third-order valence-corrected chi connectivity index (χ3v) is 2.59. The third kappa shape index (κ3) is 3.02. The van der Waals surface area contributed by atoms with Crippen LogP contribution in [0.1, 0.15) is 6.92 Å². The molecule has 0 amide bonds. The zero-order chi connectivity index (χ0) is 16.3. The molecule has 1 atom stereocenters. The Morgan fingerprint density at radius 1 is 1.20 bits per heavy atom. The van der Waals surface area contributed by atoms with E-state index in [9.17, 15) is 42.5 Å². The molecule has 0 aromatic heterocycles. The first-order chi connectivity index (χ1) is 8.96. The van der Waals surface area contributed by atoms with Crippen LogP contribution in [0.2, 0.25) is 0 Å². The quantitative estimate of drug-likeness (QED) is 0.166. The Hall–Kier alpha value is -1.38. The molecule has 0 fully saturated rings. The molecular formula is C5H6ClF5N4O5. The van der Waals surface area contributed by atoms with Gasteiger partial charge in [0, 0.05) is 0 Å². The first kappa shape index (κ1) is 18.6. The highest BCUT2D eigenvalue weighted by atomic mass is 35.5. The minimum Gasteiger partial charge on any atom is -0.256 e. The van der Waals surface area contributed by atoms with Crippen molar-refractivity contribution in [3.05, 3.63) is 20.2 Å². The zero-order valence-corrected chi connectivity index (χ0v) is 10.1. The molecule has 0 aliphatic rings. The Morgan fingerprint density at radius 3 is 1.75 bits per heavy atom. The van der Waals surface area contributed by atoms with Gasteiger partial charge in [0.2, 0.25) is 0 Å². The number of halogens is 6. The molecule has 0 bridgehead atoms. The van der Waals surface area contributed by atoms with Gasteiger partial charge in [-0.3, -0.25) is 20.2 Å². The van der Waals surface area contributed by atoms with E-state index >= 15 is 0 Å². The summed E-state index contributed by atoms with van der Waals surface area (Å²) >= 11 is 4.95. The Bertz CT molecular complexity index is 365. The highest BCUT2D eigenvalue weighted by Gasteiger charge is 2.63. The predicted octanol–water partition coefficient (Wildman–Crippen LogP) is 1.60. The van der Waals surface area contributed by atoms with Crippen LogP contribution in [0, 0.1) is 20.2 Å². The topological polar surface area (TPSA) is 102 Å². The van der Waals surface area contributed by atoms with E-state index in [1.165, 1.54) is 0 Å². The number of ether oxygens (including phenoxy) is 1. The van der Waals surface area contributed by atoms with Crippen LogP contribution in [0.5, 0.6) is 0 Å². The molecule has 0 radical (unpaired) electrons. The van der Waals surface area contributed by atoms with Crippen LogP contribution in [0.25, 0.3) is 0 Å². The van der Waals surface area contributed by atoms with Crippen molar-refractivity contribution in [1.82, 2.24) is 10.7 Å². The monoisotopic (exact) mass is 332 g/mol. The van der Waals surface area contributed by atoms with E-state index in [1.54, 1.807) is 0 Å². The minimum atomic E-state index is -4.26. The summed E-state index contributed by atoms with van der Waals surface area (Å²) in [7, 11) is 0. The van der Waals surface area contributed by atoms with Crippen molar-refractivity contribution in [1.29, 1.82) is 0 Å². The van der Waals surface area contributed by atoms with Crippen LogP contribution < -0.4 is 0 Å². The lowest BCUT2D eigenvalue weighted by Crippen LogP contribution is -2.62. The van der Waals surface area contributed by atoms with E-state index in [-0.39, 0.29) is 6.92 Å². The fraction of sp³-hybridized carbons (Fsp3) is 1.00. The lowest BCUT2D eigenvalue weighted by molar-refractivity contribution is -0.848. The predicted molar refractivity (Wildman–Crippen MR) is 49.9 cm³/mol. The van der Waals surface area contributed by atoms with E-state index in [1.807, 2.05) is 0 Å². The molecule has 1 unspecified atom stereocenters. The molecule has 0 heterocycles. The standard InChI is InChI=1S/C5H6ClF5N4O5/c1-4(14(16)17,15(18)19)20-3(6)5(2-7,12(8)9)13(10)11/h3H,2H2,1H3. The fourth-order valence-corrected chi connectivity index (χ4v) is 1.18. The van der Waals surface area contributed by atoms with Crippen molar-refractivity contribution in [2.45, 2.75) is 24.0 Å². The molecular weight excluding hydrogens is 327 g/mol. The molecule has 15 heteroatoms. The van der Waals surface area contributed by atoms with Crippen molar-refractivity contribution >= 4 is 11.6 Å². The van der Waals surface area contributed by atoms with Gasteiger partial charge in [-0.15, -0.1) is 0 Å². The number of alkyl halides is 2. The number of nitro groups is 2. The van der Waals surface area contributed by atoms with Crippen LogP contribution in [0.15, 0.2) is 0 Å². The summed E-state index contributed by atoms with van der Waals surface area (Å²) in [5.74, 6) is -3.63. The molecule has 0 spiro atoms. The maximum Gasteiger partial charge on any atom is 0.577 e. The molecule has 0 N–H and O–H groups in total. The Morgan fingerprint density at radius 2 is 1.55 bits per heavy atom. The van der Waals surface area contributed by atoms with Crippen molar-refractivity contribution in [3.63, 3.8) is 0 Å². The van der Waals surface area contributed by atoms with E-state index in [4.69, 9.17) is 11.6 Å². The Balaban J connectivity index is 5.56. The van der Waals surface area contributed by atoms with E-state index in [2.05, 4.69) is 4.74 Å². The van der Waals surface area contributed by atoms with Crippen LogP contribution >= 0.6 is 11.6 Å². The zero-order valence-electron chi connectivity index (χ0n) is 9.38. The van der Waals surface area contributed by atoms with Crippen molar-refractivity contribution in [2.75, 3.05) is 6.67 Å². The second kappa shape index (κ2) is 6.38. The molecule has 0 saturated heterocycles. The summed E-state index contributed by atoms with van der Waals surface area (Å²) in [6.45, 7) is -2.39. The van der Waals surface area contributed by atoms with Gasteiger partial charge in [0.1, 0.15) is 23.4 Å². The molecule has 118 valence electrons. The smallest absolute Gasteiger partial charge is 0.256 e. The lowest BCUT2D eigenvalue weighted by Gasteiger charge is -2.33. The molecule has 9 nitrogen and oxygen atoms in total. The van der Waals surface area contributed by atoms with Gasteiger partial charge in [-0.25, -0.2) is 9.13 Å². The lowest BCUT2D eigenvalue weighted by atomic mass is 10.2. The van der Waals surface area contributed by atoms with E-state index in [0.717, 1.165) is 0 Å². The molecule has 0 aliphatic carbocycles. The van der Waals surface area contributed by atoms with Gasteiger partial charge in [0.05, 0.1) is 10.7 Å². The maximum absolute atomic E-state index is 12.5. The van der Waals surface area contributed by atoms with Crippen molar-refractivity contribution in [3.8, 4) is 0 Å². The highest BCUT2D eigenvalue weighted by Crippen LogP contribution is 2.34. The summed E-state index contributed by atoms with van der Waals surface area (Å²) in [4.78, 5) is 17.4. The SMILES string of the molecule is CC(OC(Cl)C(CF)(N(F)F)N(F)F)([N+](=O)[O-])[N+](=O)[O-]. The molecule has 0 aromatic carbocycles. The number of nitrogens with zero attached hydrogens (tertiary/aromatic N) is 4. The van der Waals surface area contributed by atoms with E-state index in [0.29, 0.717) is 0 Å². The first-order valence-electron chi connectivity index (χ1n) is 4.37. The maximum atomic E-state index is 12.5. The summed E-state index contributed by atoms with van der Waals surface area (Å²) in [5, 5.41) is 16.1. The Labute approximate surface area is 111 Å². The number of hydrogen-bond donors (Lipinski definition) is 0. The molecule has 0 rings (SSSR count). The average Bonchev–Trinajstić information content (AvgIpc) is 2.28. The van der Waals surface area contributed by atoms with Crippen molar-refractivity contribution < 1.29 is 36.9 Å². The van der Waals surface area contributed by atoms with Gasteiger partial charge < -0.3 is 0 Å². The number of rotatable bonds is 8. The van der Waals surface area contributed by atoms with Crippen LogP contribution in [0.3, 0.4) is 0 Å². The fourth-order valence-electron chi connectivity index (χ4n) is 0.805. The average molecular weight is 333 g/mol. The Kier molecular flexibility index (Phi) is 5.94. The first-order valence-corrected chi connectivity index (χ1v) is 4.80. The van der Waals surface area contributed by atoms with Gasteiger partial charge in [-0.05, 0) is 0 Å². The van der Waals surface area contributed by atoms with Gasteiger partial charge in [-0.2, -0.15) is 0 Å². The number of hydrogen-bond acceptors (Lipinski definition) is 7. The van der Waals surface area contributed by atoms with Gasteiger partial charge >= 0.3 is 5.85 Å². The molecule has 0 aromatic rings. The second-order valence-electron chi connectivity index (χ2n) is 3.36. The highest BCUT2D eigenvalue weighted by molar-refractivity contribution is 6.20.